The normalized spacial score (nSPS) is 11.5. The van der Waals surface area contributed by atoms with Crippen LogP contribution in [0, 0.1) is 0 Å². The topological polar surface area (TPSA) is 56.5 Å². The van der Waals surface area contributed by atoms with Gasteiger partial charge in [0.25, 0.3) is 0 Å². The summed E-state index contributed by atoms with van der Waals surface area (Å²) in [4.78, 5) is 21.1. The summed E-state index contributed by atoms with van der Waals surface area (Å²) in [5.41, 5.74) is 10.6. The lowest BCUT2D eigenvalue weighted by atomic mass is 10.0. The first kappa shape index (κ1) is 29.0. The molecule has 10 rings (SSSR count). The Morgan fingerprint density at radius 3 is 1.63 bits per heavy atom. The van der Waals surface area contributed by atoms with Crippen LogP contribution in [-0.4, -0.2) is 24.5 Å². The quantitative estimate of drug-likeness (QED) is 0.174. The van der Waals surface area contributed by atoms with Crippen molar-refractivity contribution in [1.82, 2.24) is 24.5 Å². The Morgan fingerprint density at radius 2 is 0.902 bits per heavy atom. The molecule has 5 heteroatoms. The van der Waals surface area contributed by atoms with E-state index in [-0.39, 0.29) is 0 Å². The SMILES string of the molecule is c1ccc(-c2nc(-c3cccc(-c4nc(-c5ccccc5)c5c(n4)c4ccccc4n5-c4ccccc4)c3)nc3c2ccc2ccccc23)cc1. The Hall–Kier alpha value is -6.98. The van der Waals surface area contributed by atoms with Crippen molar-refractivity contribution in [3.63, 3.8) is 0 Å². The van der Waals surface area contributed by atoms with Crippen LogP contribution in [0.15, 0.2) is 176 Å². The molecule has 0 bridgehead atoms. The molecule has 3 aromatic heterocycles. The van der Waals surface area contributed by atoms with E-state index >= 15 is 0 Å². The number of rotatable bonds is 5. The second-order valence-corrected chi connectivity index (χ2v) is 12.7. The predicted molar refractivity (Wildman–Crippen MR) is 209 cm³/mol. The summed E-state index contributed by atoms with van der Waals surface area (Å²) in [5, 5.41) is 4.34. The summed E-state index contributed by atoms with van der Waals surface area (Å²) in [7, 11) is 0. The molecule has 7 aromatic carbocycles. The number of hydrogen-bond acceptors (Lipinski definition) is 4. The molecule has 51 heavy (non-hydrogen) atoms. The van der Waals surface area contributed by atoms with Crippen molar-refractivity contribution in [3.05, 3.63) is 176 Å². The summed E-state index contributed by atoms with van der Waals surface area (Å²) in [5.74, 6) is 1.30. The summed E-state index contributed by atoms with van der Waals surface area (Å²) in [6.07, 6.45) is 0. The summed E-state index contributed by atoms with van der Waals surface area (Å²) >= 11 is 0. The first-order chi connectivity index (χ1) is 25.3. The van der Waals surface area contributed by atoms with Crippen molar-refractivity contribution in [2.75, 3.05) is 0 Å². The Balaban J connectivity index is 1.22. The number of fused-ring (bicyclic) bond motifs is 6. The fourth-order valence-electron chi connectivity index (χ4n) is 7.22. The maximum Gasteiger partial charge on any atom is 0.160 e. The molecule has 5 nitrogen and oxygen atoms in total. The molecule has 0 amide bonds. The molecule has 0 N–H and O–H groups in total. The van der Waals surface area contributed by atoms with E-state index in [1.807, 2.05) is 24.3 Å². The Morgan fingerprint density at radius 1 is 0.353 bits per heavy atom. The van der Waals surface area contributed by atoms with Gasteiger partial charge in [0.1, 0.15) is 5.52 Å². The Labute approximate surface area is 294 Å². The van der Waals surface area contributed by atoms with Crippen molar-refractivity contribution < 1.29 is 0 Å². The third-order valence-electron chi connectivity index (χ3n) is 9.59. The highest BCUT2D eigenvalue weighted by atomic mass is 15.0. The fourth-order valence-corrected chi connectivity index (χ4v) is 7.22. The number of nitrogens with zero attached hydrogens (tertiary/aromatic N) is 5. The lowest BCUT2D eigenvalue weighted by Crippen LogP contribution is -2.00. The zero-order chi connectivity index (χ0) is 33.7. The van der Waals surface area contributed by atoms with Gasteiger partial charge in [-0.3, -0.25) is 0 Å². The van der Waals surface area contributed by atoms with Gasteiger partial charge in [-0.15, -0.1) is 0 Å². The van der Waals surface area contributed by atoms with E-state index in [1.165, 1.54) is 0 Å². The molecule has 0 aliphatic carbocycles. The molecule has 0 aliphatic rings. The van der Waals surface area contributed by atoms with Gasteiger partial charge in [0.15, 0.2) is 11.6 Å². The van der Waals surface area contributed by atoms with Gasteiger partial charge in [0.2, 0.25) is 0 Å². The molecule has 0 radical (unpaired) electrons. The monoisotopic (exact) mass is 651 g/mol. The average molecular weight is 652 g/mol. The van der Waals surface area contributed by atoms with Crippen LogP contribution < -0.4 is 0 Å². The molecule has 0 spiro atoms. The minimum Gasteiger partial charge on any atom is -0.306 e. The van der Waals surface area contributed by atoms with Crippen LogP contribution in [0.1, 0.15) is 0 Å². The number of hydrogen-bond donors (Lipinski definition) is 0. The van der Waals surface area contributed by atoms with Gasteiger partial charge >= 0.3 is 0 Å². The van der Waals surface area contributed by atoms with E-state index in [9.17, 15) is 0 Å². The first-order valence-electron chi connectivity index (χ1n) is 17.1. The zero-order valence-electron chi connectivity index (χ0n) is 27.5. The van der Waals surface area contributed by atoms with Crippen LogP contribution in [-0.2, 0) is 0 Å². The largest absolute Gasteiger partial charge is 0.306 e. The summed E-state index contributed by atoms with van der Waals surface area (Å²) in [6.45, 7) is 0. The van der Waals surface area contributed by atoms with Gasteiger partial charge in [-0.05, 0) is 35.7 Å². The van der Waals surface area contributed by atoms with Crippen LogP contribution in [0.4, 0.5) is 0 Å². The predicted octanol–water partition coefficient (Wildman–Crippen LogP) is 11.3. The van der Waals surface area contributed by atoms with E-state index in [2.05, 4.69) is 156 Å². The Kier molecular flexibility index (Phi) is 6.74. The Bertz CT molecular complexity index is 2900. The lowest BCUT2D eigenvalue weighted by molar-refractivity contribution is 1.15. The highest BCUT2D eigenvalue weighted by Crippen LogP contribution is 2.39. The number of aromatic nitrogens is 5. The average Bonchev–Trinajstić information content (AvgIpc) is 3.55. The van der Waals surface area contributed by atoms with Crippen molar-refractivity contribution in [1.29, 1.82) is 0 Å². The second kappa shape index (κ2) is 11.9. The van der Waals surface area contributed by atoms with Crippen molar-refractivity contribution in [2.24, 2.45) is 0 Å². The molecule has 3 heterocycles. The first-order valence-corrected chi connectivity index (χ1v) is 17.1. The smallest absolute Gasteiger partial charge is 0.160 e. The van der Waals surface area contributed by atoms with Crippen LogP contribution in [0.5, 0.6) is 0 Å². The van der Waals surface area contributed by atoms with Crippen LogP contribution in [0.2, 0.25) is 0 Å². The molecule has 0 atom stereocenters. The minimum atomic E-state index is 0.647. The van der Waals surface area contributed by atoms with Gasteiger partial charge < -0.3 is 4.57 Å². The zero-order valence-corrected chi connectivity index (χ0v) is 27.5. The molecule has 0 aliphatic heterocycles. The van der Waals surface area contributed by atoms with Gasteiger partial charge in [-0.25, -0.2) is 19.9 Å². The molecule has 10 aromatic rings. The van der Waals surface area contributed by atoms with Crippen LogP contribution in [0.3, 0.4) is 0 Å². The summed E-state index contributed by atoms with van der Waals surface area (Å²) < 4.78 is 2.28. The van der Waals surface area contributed by atoms with Crippen molar-refractivity contribution in [3.8, 4) is 51.0 Å². The van der Waals surface area contributed by atoms with E-state index in [4.69, 9.17) is 19.9 Å². The van der Waals surface area contributed by atoms with E-state index in [0.717, 1.165) is 82.9 Å². The fraction of sp³-hybridized carbons (Fsp3) is 0. The third kappa shape index (κ3) is 4.86. The van der Waals surface area contributed by atoms with Gasteiger partial charge in [0, 0.05) is 44.1 Å². The number of para-hydroxylation sites is 2. The number of benzene rings is 7. The van der Waals surface area contributed by atoms with E-state index in [1.54, 1.807) is 0 Å². The molecule has 0 saturated heterocycles. The van der Waals surface area contributed by atoms with Crippen molar-refractivity contribution >= 4 is 43.6 Å². The molecular weight excluding hydrogens is 623 g/mol. The molecule has 0 unspecified atom stereocenters. The van der Waals surface area contributed by atoms with E-state index < -0.39 is 0 Å². The maximum atomic E-state index is 5.34. The van der Waals surface area contributed by atoms with Crippen LogP contribution >= 0.6 is 0 Å². The van der Waals surface area contributed by atoms with E-state index in [0.29, 0.717) is 11.6 Å². The molecule has 0 fully saturated rings. The second-order valence-electron chi connectivity index (χ2n) is 12.7. The maximum absolute atomic E-state index is 5.34. The standard InChI is InChI=1S/C46H29N5/c1-4-16-31(17-5-1)40-38-28-27-30-15-10-11-24-36(30)42(38)49-45(47-40)33-20-14-21-34(29-33)46-48-41(32-18-6-2-7-19-32)44-43(50-46)37-25-12-13-26-39(37)51(44)35-22-8-3-9-23-35/h1-29H. The third-order valence-corrected chi connectivity index (χ3v) is 9.59. The molecule has 238 valence electrons. The van der Waals surface area contributed by atoms with Crippen molar-refractivity contribution in [2.45, 2.75) is 0 Å². The summed E-state index contributed by atoms with van der Waals surface area (Å²) in [6, 6.07) is 60.7. The highest BCUT2D eigenvalue weighted by Gasteiger charge is 2.21. The molecular formula is C46H29N5. The van der Waals surface area contributed by atoms with Gasteiger partial charge in [0.05, 0.1) is 27.9 Å². The van der Waals surface area contributed by atoms with Crippen LogP contribution in [0.25, 0.3) is 94.6 Å². The molecule has 0 saturated carbocycles. The minimum absolute atomic E-state index is 0.647. The van der Waals surface area contributed by atoms with Gasteiger partial charge in [-0.2, -0.15) is 0 Å². The lowest BCUT2D eigenvalue weighted by Gasteiger charge is -2.13. The van der Waals surface area contributed by atoms with Gasteiger partial charge in [-0.1, -0.05) is 146 Å². The highest BCUT2D eigenvalue weighted by molar-refractivity contribution is 6.12.